The fourth-order valence-corrected chi connectivity index (χ4v) is 2.09. The molecule has 0 fully saturated rings. The number of hydrogen-bond donors (Lipinski definition) is 0. The molecule has 0 saturated carbocycles. The Morgan fingerprint density at radius 3 is 2.28 bits per heavy atom. The third-order valence-electron chi connectivity index (χ3n) is 2.57. The van der Waals surface area contributed by atoms with Crippen molar-refractivity contribution in [2.24, 2.45) is 0 Å². The molecule has 0 heterocycles. The fourth-order valence-electron chi connectivity index (χ4n) is 1.33. The van der Waals surface area contributed by atoms with Crippen LogP contribution < -0.4 is 4.74 Å². The predicted octanol–water partition coefficient (Wildman–Crippen LogP) is 3.58. The normalized spacial score (nSPS) is 11.3. The Morgan fingerprint density at radius 1 is 1.17 bits per heavy atom. The molecule has 0 bridgehead atoms. The smallest absolute Gasteiger partial charge is 0.189 e. The number of Topliss-reactive ketones (excluding diaryl/α,β-unsaturated/α-hetero) is 1. The van der Waals surface area contributed by atoms with E-state index in [2.05, 4.69) is 19.6 Å². The zero-order chi connectivity index (χ0) is 13.6. The van der Waals surface area contributed by atoms with Crippen LogP contribution in [0.3, 0.4) is 0 Å². The van der Waals surface area contributed by atoms with Crippen LogP contribution in [0.4, 0.5) is 0 Å². The molecule has 1 aromatic carbocycles. The minimum Gasteiger partial charge on any atom is -0.468 e. The molecule has 1 rings (SSSR count). The fraction of sp³-hybridized carbons (Fsp3) is 0.500. The number of ketones is 1. The van der Waals surface area contributed by atoms with Gasteiger partial charge in [0, 0.05) is 20.2 Å². The van der Waals surface area contributed by atoms with E-state index in [1.165, 1.54) is 0 Å². The van der Waals surface area contributed by atoms with E-state index in [9.17, 15) is 4.79 Å². The molecule has 0 amide bonds. The molecule has 4 heteroatoms. The first kappa shape index (κ1) is 14.9. The second-order valence-electron chi connectivity index (χ2n) is 5.56. The van der Waals surface area contributed by atoms with Crippen molar-refractivity contribution >= 4 is 13.9 Å². The van der Waals surface area contributed by atoms with Crippen LogP contribution in [0.2, 0.25) is 25.7 Å². The van der Waals surface area contributed by atoms with Crippen LogP contribution in [0.5, 0.6) is 5.75 Å². The van der Waals surface area contributed by atoms with E-state index in [1.807, 2.05) is 0 Å². The molecule has 0 N–H and O–H groups in total. The van der Waals surface area contributed by atoms with Gasteiger partial charge in [-0.3, -0.25) is 4.79 Å². The van der Waals surface area contributed by atoms with Crippen molar-refractivity contribution in [3.05, 3.63) is 29.8 Å². The Labute approximate surface area is 110 Å². The lowest BCUT2D eigenvalue weighted by Gasteiger charge is -2.15. The summed E-state index contributed by atoms with van der Waals surface area (Å²) >= 11 is 0. The van der Waals surface area contributed by atoms with E-state index in [0.29, 0.717) is 5.56 Å². The van der Waals surface area contributed by atoms with E-state index in [4.69, 9.17) is 9.47 Å². The van der Waals surface area contributed by atoms with E-state index in [1.54, 1.807) is 31.2 Å². The number of ether oxygens (including phenoxy) is 2. The summed E-state index contributed by atoms with van der Waals surface area (Å²) in [6.07, 6.45) is 0. The number of rotatable bonds is 7. The minimum absolute atomic E-state index is 0.0629. The lowest BCUT2D eigenvalue weighted by atomic mass is 10.1. The Kier molecular flexibility index (Phi) is 5.56. The average molecular weight is 266 g/mol. The van der Waals surface area contributed by atoms with Gasteiger partial charge in [0.15, 0.2) is 12.6 Å². The van der Waals surface area contributed by atoms with Crippen molar-refractivity contribution in [2.45, 2.75) is 32.6 Å². The maximum atomic E-state index is 11.1. The molecule has 0 aliphatic carbocycles. The first-order valence-electron chi connectivity index (χ1n) is 6.20. The van der Waals surface area contributed by atoms with E-state index in [-0.39, 0.29) is 12.6 Å². The number of benzene rings is 1. The van der Waals surface area contributed by atoms with Crippen molar-refractivity contribution < 1.29 is 14.3 Å². The molecular formula is C14H22O3Si. The van der Waals surface area contributed by atoms with Crippen molar-refractivity contribution in [1.82, 2.24) is 0 Å². The van der Waals surface area contributed by atoms with Gasteiger partial charge in [0.2, 0.25) is 0 Å². The van der Waals surface area contributed by atoms with Crippen LogP contribution in [-0.2, 0) is 4.74 Å². The third-order valence-corrected chi connectivity index (χ3v) is 4.27. The number of hydrogen-bond acceptors (Lipinski definition) is 3. The molecular weight excluding hydrogens is 244 g/mol. The Morgan fingerprint density at radius 2 is 1.78 bits per heavy atom. The zero-order valence-corrected chi connectivity index (χ0v) is 12.7. The lowest BCUT2D eigenvalue weighted by molar-refractivity contribution is 0.0220. The first-order valence-corrected chi connectivity index (χ1v) is 9.91. The predicted molar refractivity (Wildman–Crippen MR) is 76.0 cm³/mol. The summed E-state index contributed by atoms with van der Waals surface area (Å²) in [5.74, 6) is 0.793. The van der Waals surface area contributed by atoms with Crippen molar-refractivity contribution in [3.8, 4) is 5.75 Å². The summed E-state index contributed by atoms with van der Waals surface area (Å²) in [6, 6.07) is 8.25. The highest BCUT2D eigenvalue weighted by Crippen LogP contribution is 2.13. The molecule has 0 saturated heterocycles. The summed E-state index contributed by atoms with van der Waals surface area (Å²) < 4.78 is 10.9. The Balaban J connectivity index is 2.25. The molecule has 1 aromatic rings. The van der Waals surface area contributed by atoms with Crippen molar-refractivity contribution in [1.29, 1.82) is 0 Å². The van der Waals surface area contributed by atoms with Gasteiger partial charge in [0.25, 0.3) is 0 Å². The molecule has 0 atom stereocenters. The van der Waals surface area contributed by atoms with Gasteiger partial charge in [-0.2, -0.15) is 0 Å². The standard InChI is InChI=1S/C14H22O3Si/c1-12(15)13-5-7-14(8-6-13)17-11-16-9-10-18(2,3)4/h5-8H,9-11H2,1-4H3. The van der Waals surface area contributed by atoms with Gasteiger partial charge in [-0.25, -0.2) is 0 Å². The minimum atomic E-state index is -1.02. The maximum Gasteiger partial charge on any atom is 0.189 e. The monoisotopic (exact) mass is 266 g/mol. The van der Waals surface area contributed by atoms with Crippen LogP contribution in [0, 0.1) is 0 Å². The lowest BCUT2D eigenvalue weighted by Crippen LogP contribution is -2.22. The second-order valence-corrected chi connectivity index (χ2v) is 11.2. The van der Waals surface area contributed by atoms with Gasteiger partial charge in [-0.15, -0.1) is 0 Å². The molecule has 0 aromatic heterocycles. The van der Waals surface area contributed by atoms with Crippen molar-refractivity contribution in [2.75, 3.05) is 13.4 Å². The zero-order valence-electron chi connectivity index (χ0n) is 11.7. The largest absolute Gasteiger partial charge is 0.468 e. The first-order chi connectivity index (χ1) is 8.38. The van der Waals surface area contributed by atoms with Crippen LogP contribution in [-0.4, -0.2) is 27.3 Å². The van der Waals surface area contributed by atoms with Gasteiger partial charge in [0.1, 0.15) is 5.75 Å². The molecule has 0 unspecified atom stereocenters. The summed E-state index contributed by atoms with van der Waals surface area (Å²) in [6.45, 7) is 9.52. The molecule has 0 spiro atoms. The summed E-state index contributed by atoms with van der Waals surface area (Å²) in [5.41, 5.74) is 0.696. The van der Waals surface area contributed by atoms with E-state index >= 15 is 0 Å². The molecule has 0 aliphatic heterocycles. The Hall–Kier alpha value is -1.13. The molecule has 0 aliphatic rings. The third kappa shape index (κ3) is 5.98. The van der Waals surface area contributed by atoms with Gasteiger partial charge in [0.05, 0.1) is 0 Å². The Bertz CT molecular complexity index is 379. The SMILES string of the molecule is CC(=O)c1ccc(OCOCC[Si](C)(C)C)cc1. The van der Waals surface area contributed by atoms with Crippen LogP contribution in [0.15, 0.2) is 24.3 Å². The van der Waals surface area contributed by atoms with E-state index < -0.39 is 8.07 Å². The van der Waals surface area contributed by atoms with Crippen LogP contribution >= 0.6 is 0 Å². The number of carbonyl (C=O) groups excluding carboxylic acids is 1. The highest BCUT2D eigenvalue weighted by atomic mass is 28.3. The summed E-state index contributed by atoms with van der Waals surface area (Å²) in [4.78, 5) is 11.1. The quantitative estimate of drug-likeness (QED) is 0.327. The maximum absolute atomic E-state index is 11.1. The highest BCUT2D eigenvalue weighted by Gasteiger charge is 2.11. The van der Waals surface area contributed by atoms with Gasteiger partial charge < -0.3 is 9.47 Å². The molecule has 100 valence electrons. The highest BCUT2D eigenvalue weighted by molar-refractivity contribution is 6.76. The average Bonchev–Trinajstić information content (AvgIpc) is 2.27. The number of carbonyl (C=O) groups is 1. The van der Waals surface area contributed by atoms with Crippen LogP contribution in [0.1, 0.15) is 17.3 Å². The molecule has 3 nitrogen and oxygen atoms in total. The second kappa shape index (κ2) is 6.71. The van der Waals surface area contributed by atoms with Gasteiger partial charge in [-0.1, -0.05) is 19.6 Å². The molecule has 18 heavy (non-hydrogen) atoms. The van der Waals surface area contributed by atoms with Crippen molar-refractivity contribution in [3.63, 3.8) is 0 Å². The van der Waals surface area contributed by atoms with Gasteiger partial charge in [-0.05, 0) is 37.2 Å². The molecule has 0 radical (unpaired) electrons. The van der Waals surface area contributed by atoms with Gasteiger partial charge >= 0.3 is 0 Å². The van der Waals surface area contributed by atoms with Crippen LogP contribution in [0.25, 0.3) is 0 Å². The summed E-state index contributed by atoms with van der Waals surface area (Å²) in [7, 11) is -1.02. The topological polar surface area (TPSA) is 35.5 Å². The van der Waals surface area contributed by atoms with E-state index in [0.717, 1.165) is 18.4 Å². The summed E-state index contributed by atoms with van der Waals surface area (Å²) in [5, 5.41) is 0.